The molecule has 0 spiro atoms. The van der Waals surface area contributed by atoms with E-state index >= 15 is 0 Å². The summed E-state index contributed by atoms with van der Waals surface area (Å²) >= 11 is 0. The van der Waals surface area contributed by atoms with Crippen LogP contribution in [0.1, 0.15) is 38.2 Å². The normalized spacial score (nSPS) is 36.7. The van der Waals surface area contributed by atoms with Crippen LogP contribution in [0.15, 0.2) is 30.3 Å². The Morgan fingerprint density at radius 3 is 2.57 bits per heavy atom. The molecule has 1 aromatic carbocycles. The zero-order valence-electron chi connectivity index (χ0n) is 13.0. The molecule has 2 unspecified atom stereocenters. The molecule has 0 aromatic heterocycles. The molecular weight excluding hydrogens is 258 g/mol. The third-order valence-corrected chi connectivity index (χ3v) is 5.41. The van der Waals surface area contributed by atoms with E-state index in [1.165, 1.54) is 24.9 Å². The highest BCUT2D eigenvalue weighted by atomic mass is 15.1. The van der Waals surface area contributed by atoms with Crippen LogP contribution in [0.3, 0.4) is 0 Å². The summed E-state index contributed by atoms with van der Waals surface area (Å²) in [5, 5.41) is 13.4. The van der Waals surface area contributed by atoms with Crippen LogP contribution in [0, 0.1) is 11.3 Å². The summed E-state index contributed by atoms with van der Waals surface area (Å²) in [6.45, 7) is 3.48. The molecule has 3 rings (SSSR count). The summed E-state index contributed by atoms with van der Waals surface area (Å²) in [5.41, 5.74) is 0.929. The molecule has 21 heavy (non-hydrogen) atoms. The van der Waals surface area contributed by atoms with Crippen molar-refractivity contribution in [3.8, 4) is 6.07 Å². The van der Waals surface area contributed by atoms with E-state index < -0.39 is 0 Å². The van der Waals surface area contributed by atoms with E-state index in [0.717, 1.165) is 12.8 Å². The van der Waals surface area contributed by atoms with Gasteiger partial charge in [0.1, 0.15) is 0 Å². The van der Waals surface area contributed by atoms with Crippen molar-refractivity contribution < 1.29 is 0 Å². The van der Waals surface area contributed by atoms with Crippen LogP contribution in [0.25, 0.3) is 0 Å². The lowest BCUT2D eigenvalue weighted by Crippen LogP contribution is -2.56. The molecule has 2 atom stereocenters. The fraction of sp³-hybridized carbons (Fsp3) is 0.611. The molecule has 2 aliphatic rings. The van der Waals surface area contributed by atoms with Gasteiger partial charge in [-0.3, -0.25) is 0 Å². The third kappa shape index (κ3) is 2.84. The van der Waals surface area contributed by atoms with Gasteiger partial charge in [0.05, 0.1) is 11.5 Å². The Bertz CT molecular complexity index is 513. The zero-order chi connectivity index (χ0) is 14.9. The Morgan fingerprint density at radius 1 is 1.24 bits per heavy atom. The average Bonchev–Trinajstić information content (AvgIpc) is 2.47. The average molecular weight is 283 g/mol. The van der Waals surface area contributed by atoms with Gasteiger partial charge in [0.15, 0.2) is 0 Å². The number of hydrogen-bond donors (Lipinski definition) is 1. The van der Waals surface area contributed by atoms with E-state index in [1.54, 1.807) is 0 Å². The first-order valence-corrected chi connectivity index (χ1v) is 8.06. The van der Waals surface area contributed by atoms with Gasteiger partial charge in [-0.05, 0) is 51.8 Å². The zero-order valence-corrected chi connectivity index (χ0v) is 13.0. The van der Waals surface area contributed by atoms with E-state index in [2.05, 4.69) is 42.4 Å². The SMILES string of the molecule is CC1CC(NC2CC(C#N)(c3ccccc3)C2)CCN1C. The van der Waals surface area contributed by atoms with Gasteiger partial charge in [-0.2, -0.15) is 5.26 Å². The van der Waals surface area contributed by atoms with Crippen LogP contribution in [-0.2, 0) is 5.41 Å². The molecule has 1 heterocycles. The number of benzene rings is 1. The van der Waals surface area contributed by atoms with Gasteiger partial charge in [0, 0.05) is 18.1 Å². The lowest BCUT2D eigenvalue weighted by atomic mass is 9.62. The third-order valence-electron chi connectivity index (χ3n) is 5.41. The van der Waals surface area contributed by atoms with Crippen molar-refractivity contribution in [2.75, 3.05) is 13.6 Å². The Morgan fingerprint density at radius 2 is 1.95 bits per heavy atom. The quantitative estimate of drug-likeness (QED) is 0.927. The second-order valence-corrected chi connectivity index (χ2v) is 6.88. The molecule has 0 bridgehead atoms. The summed E-state index contributed by atoms with van der Waals surface area (Å²) in [7, 11) is 2.21. The maximum atomic E-state index is 9.61. The summed E-state index contributed by atoms with van der Waals surface area (Å²) < 4.78 is 0. The first-order valence-electron chi connectivity index (χ1n) is 8.06. The minimum Gasteiger partial charge on any atom is -0.311 e. The molecule has 3 heteroatoms. The molecule has 1 N–H and O–H groups in total. The molecule has 1 saturated heterocycles. The van der Waals surface area contributed by atoms with Crippen molar-refractivity contribution in [2.45, 2.75) is 56.1 Å². The van der Waals surface area contributed by atoms with Gasteiger partial charge in [0.25, 0.3) is 0 Å². The topological polar surface area (TPSA) is 39.1 Å². The van der Waals surface area contributed by atoms with Crippen LogP contribution in [0.5, 0.6) is 0 Å². The standard InChI is InChI=1S/C18H25N3/c1-14-10-16(8-9-21(14)2)20-17-11-18(12-17,13-19)15-6-4-3-5-7-15/h3-7,14,16-17,20H,8-12H2,1-2H3. The Kier molecular flexibility index (Phi) is 4.01. The highest BCUT2D eigenvalue weighted by Gasteiger charge is 2.46. The number of nitrogens with zero attached hydrogens (tertiary/aromatic N) is 2. The van der Waals surface area contributed by atoms with E-state index in [1.807, 2.05) is 18.2 Å². The number of likely N-dealkylation sites (tertiary alicyclic amines) is 1. The van der Waals surface area contributed by atoms with E-state index in [-0.39, 0.29) is 5.41 Å². The van der Waals surface area contributed by atoms with Crippen molar-refractivity contribution >= 4 is 0 Å². The number of piperidine rings is 1. The molecule has 0 amide bonds. The molecule has 112 valence electrons. The van der Waals surface area contributed by atoms with Crippen LogP contribution in [0.2, 0.25) is 0 Å². The fourth-order valence-corrected chi connectivity index (χ4v) is 3.82. The van der Waals surface area contributed by atoms with Crippen molar-refractivity contribution in [2.24, 2.45) is 0 Å². The van der Waals surface area contributed by atoms with E-state index in [0.29, 0.717) is 18.1 Å². The summed E-state index contributed by atoms with van der Waals surface area (Å²) in [5.74, 6) is 0. The van der Waals surface area contributed by atoms with Gasteiger partial charge < -0.3 is 10.2 Å². The molecule has 0 radical (unpaired) electrons. The fourth-order valence-electron chi connectivity index (χ4n) is 3.82. The highest BCUT2D eigenvalue weighted by molar-refractivity contribution is 5.36. The number of nitriles is 1. The van der Waals surface area contributed by atoms with Crippen LogP contribution >= 0.6 is 0 Å². The van der Waals surface area contributed by atoms with Crippen molar-refractivity contribution in [1.29, 1.82) is 5.26 Å². The minimum absolute atomic E-state index is 0.254. The second kappa shape index (κ2) is 5.79. The monoisotopic (exact) mass is 283 g/mol. The highest BCUT2D eigenvalue weighted by Crippen LogP contribution is 2.43. The van der Waals surface area contributed by atoms with Crippen molar-refractivity contribution in [3.05, 3.63) is 35.9 Å². The molecule has 1 aromatic rings. The molecule has 2 fully saturated rings. The molecule has 1 aliphatic carbocycles. The van der Waals surface area contributed by atoms with Crippen LogP contribution in [-0.4, -0.2) is 36.6 Å². The molecular formula is C18H25N3. The maximum Gasteiger partial charge on any atom is 0.0852 e. The summed E-state index contributed by atoms with van der Waals surface area (Å²) in [4.78, 5) is 2.43. The smallest absolute Gasteiger partial charge is 0.0852 e. The Hall–Kier alpha value is -1.37. The van der Waals surface area contributed by atoms with Gasteiger partial charge in [0.2, 0.25) is 0 Å². The second-order valence-electron chi connectivity index (χ2n) is 6.88. The number of hydrogen-bond acceptors (Lipinski definition) is 3. The Labute approximate surface area is 128 Å². The predicted molar refractivity (Wildman–Crippen MR) is 85.0 cm³/mol. The van der Waals surface area contributed by atoms with E-state index in [4.69, 9.17) is 0 Å². The van der Waals surface area contributed by atoms with Crippen molar-refractivity contribution in [3.63, 3.8) is 0 Å². The summed E-state index contributed by atoms with van der Waals surface area (Å²) in [6.07, 6.45) is 4.35. The molecule has 1 aliphatic heterocycles. The Balaban J connectivity index is 1.57. The summed E-state index contributed by atoms with van der Waals surface area (Å²) in [6, 6.07) is 14.6. The largest absolute Gasteiger partial charge is 0.311 e. The number of nitrogens with one attached hydrogen (secondary N) is 1. The first-order chi connectivity index (χ1) is 10.1. The predicted octanol–water partition coefficient (Wildman–Crippen LogP) is 2.68. The molecule has 1 saturated carbocycles. The van der Waals surface area contributed by atoms with Gasteiger partial charge in [-0.1, -0.05) is 30.3 Å². The first kappa shape index (κ1) is 14.6. The van der Waals surface area contributed by atoms with Crippen molar-refractivity contribution in [1.82, 2.24) is 10.2 Å². The lowest BCUT2D eigenvalue weighted by molar-refractivity contribution is 0.135. The van der Waals surface area contributed by atoms with Gasteiger partial charge in [-0.15, -0.1) is 0 Å². The molecule has 3 nitrogen and oxygen atoms in total. The number of rotatable bonds is 3. The minimum atomic E-state index is -0.254. The van der Waals surface area contributed by atoms with Crippen LogP contribution in [0.4, 0.5) is 0 Å². The van der Waals surface area contributed by atoms with Gasteiger partial charge in [-0.25, -0.2) is 0 Å². The lowest BCUT2D eigenvalue weighted by Gasteiger charge is -2.46. The maximum absolute atomic E-state index is 9.61. The van der Waals surface area contributed by atoms with E-state index in [9.17, 15) is 5.26 Å². The van der Waals surface area contributed by atoms with Crippen LogP contribution < -0.4 is 5.32 Å². The van der Waals surface area contributed by atoms with Gasteiger partial charge >= 0.3 is 0 Å².